The molecule has 0 saturated heterocycles. The molecule has 0 unspecified atom stereocenters. The van der Waals surface area contributed by atoms with Gasteiger partial charge < -0.3 is 5.32 Å². The minimum absolute atomic E-state index is 0.476. The van der Waals surface area contributed by atoms with Gasteiger partial charge in [0.25, 0.3) is 0 Å². The fourth-order valence-electron chi connectivity index (χ4n) is 2.52. The van der Waals surface area contributed by atoms with Crippen LogP contribution in [0.5, 0.6) is 0 Å². The molecule has 1 N–H and O–H groups in total. The molecule has 2 rings (SSSR count). The van der Waals surface area contributed by atoms with E-state index >= 15 is 0 Å². The summed E-state index contributed by atoms with van der Waals surface area (Å²) in [7, 11) is 0. The highest BCUT2D eigenvalue weighted by molar-refractivity contribution is 5.37. The van der Waals surface area contributed by atoms with Gasteiger partial charge in [-0.1, -0.05) is 26.2 Å². The van der Waals surface area contributed by atoms with E-state index in [-0.39, 0.29) is 0 Å². The van der Waals surface area contributed by atoms with Gasteiger partial charge in [0.2, 0.25) is 0 Å². The van der Waals surface area contributed by atoms with E-state index < -0.39 is 0 Å². The summed E-state index contributed by atoms with van der Waals surface area (Å²) in [6.07, 6.45) is 8.77. The Bertz CT molecular complexity index is 340. The normalized spacial score (nSPS) is 19.4. The SMILES string of the molecule is Cc1ccnc(NCC2(C)CCCCC2)c1. The van der Waals surface area contributed by atoms with Crippen LogP contribution in [-0.4, -0.2) is 11.5 Å². The monoisotopic (exact) mass is 218 g/mol. The minimum Gasteiger partial charge on any atom is -0.370 e. The van der Waals surface area contributed by atoms with Crippen molar-refractivity contribution in [1.29, 1.82) is 0 Å². The third-order valence-corrected chi connectivity index (χ3v) is 3.67. The van der Waals surface area contributed by atoms with Gasteiger partial charge in [-0.2, -0.15) is 0 Å². The molecule has 2 heteroatoms. The molecule has 1 aliphatic carbocycles. The summed E-state index contributed by atoms with van der Waals surface area (Å²) in [5, 5.41) is 3.48. The summed E-state index contributed by atoms with van der Waals surface area (Å²) in [5.74, 6) is 1.02. The lowest BCUT2D eigenvalue weighted by Crippen LogP contribution is -2.29. The number of rotatable bonds is 3. The Morgan fingerprint density at radius 1 is 1.31 bits per heavy atom. The lowest BCUT2D eigenvalue weighted by molar-refractivity contribution is 0.233. The van der Waals surface area contributed by atoms with E-state index in [0.29, 0.717) is 5.41 Å². The molecule has 0 amide bonds. The quantitative estimate of drug-likeness (QED) is 0.835. The summed E-state index contributed by atoms with van der Waals surface area (Å²) in [5.41, 5.74) is 1.75. The van der Waals surface area contributed by atoms with E-state index in [0.717, 1.165) is 12.4 Å². The molecule has 1 aromatic heterocycles. The molecule has 16 heavy (non-hydrogen) atoms. The highest BCUT2D eigenvalue weighted by Gasteiger charge is 2.26. The lowest BCUT2D eigenvalue weighted by Gasteiger charge is -2.33. The van der Waals surface area contributed by atoms with Crippen LogP contribution in [0.15, 0.2) is 18.3 Å². The van der Waals surface area contributed by atoms with Crippen LogP contribution >= 0.6 is 0 Å². The van der Waals surface area contributed by atoms with Gasteiger partial charge in [-0.05, 0) is 42.9 Å². The van der Waals surface area contributed by atoms with Crippen molar-refractivity contribution in [3.8, 4) is 0 Å². The average molecular weight is 218 g/mol. The van der Waals surface area contributed by atoms with Crippen molar-refractivity contribution in [3.05, 3.63) is 23.9 Å². The fraction of sp³-hybridized carbons (Fsp3) is 0.643. The molecule has 0 aliphatic heterocycles. The zero-order chi connectivity index (χ0) is 11.4. The Morgan fingerprint density at radius 2 is 2.06 bits per heavy atom. The number of aromatic nitrogens is 1. The topological polar surface area (TPSA) is 24.9 Å². The van der Waals surface area contributed by atoms with E-state index in [1.54, 1.807) is 0 Å². The van der Waals surface area contributed by atoms with Crippen LogP contribution in [0.4, 0.5) is 5.82 Å². The van der Waals surface area contributed by atoms with E-state index in [4.69, 9.17) is 0 Å². The molecule has 0 bridgehead atoms. The number of nitrogens with zero attached hydrogens (tertiary/aromatic N) is 1. The van der Waals surface area contributed by atoms with Gasteiger partial charge in [0.15, 0.2) is 0 Å². The summed E-state index contributed by atoms with van der Waals surface area (Å²) >= 11 is 0. The van der Waals surface area contributed by atoms with Gasteiger partial charge >= 0.3 is 0 Å². The summed E-state index contributed by atoms with van der Waals surface area (Å²) in [4.78, 5) is 4.34. The van der Waals surface area contributed by atoms with Gasteiger partial charge in [-0.15, -0.1) is 0 Å². The van der Waals surface area contributed by atoms with Crippen molar-refractivity contribution >= 4 is 5.82 Å². The molecule has 0 aromatic carbocycles. The summed E-state index contributed by atoms with van der Waals surface area (Å²) in [6.45, 7) is 5.56. The van der Waals surface area contributed by atoms with Gasteiger partial charge in [0, 0.05) is 12.7 Å². The second kappa shape index (κ2) is 4.86. The first kappa shape index (κ1) is 11.4. The Labute approximate surface area is 98.5 Å². The van der Waals surface area contributed by atoms with Crippen LogP contribution < -0.4 is 5.32 Å². The van der Waals surface area contributed by atoms with Crippen molar-refractivity contribution in [2.45, 2.75) is 46.0 Å². The zero-order valence-corrected chi connectivity index (χ0v) is 10.4. The molecular formula is C14H22N2. The number of hydrogen-bond donors (Lipinski definition) is 1. The molecule has 1 saturated carbocycles. The maximum atomic E-state index is 4.34. The first-order valence-electron chi connectivity index (χ1n) is 6.35. The first-order chi connectivity index (χ1) is 7.68. The fourth-order valence-corrected chi connectivity index (χ4v) is 2.52. The van der Waals surface area contributed by atoms with Crippen LogP contribution in [0, 0.1) is 12.3 Å². The molecular weight excluding hydrogens is 196 g/mol. The van der Waals surface area contributed by atoms with Crippen molar-refractivity contribution < 1.29 is 0 Å². The second-order valence-electron chi connectivity index (χ2n) is 5.44. The standard InChI is InChI=1S/C14H22N2/c1-12-6-9-15-13(10-12)16-11-14(2)7-4-3-5-8-14/h6,9-10H,3-5,7-8,11H2,1-2H3,(H,15,16). The minimum atomic E-state index is 0.476. The highest BCUT2D eigenvalue weighted by Crippen LogP contribution is 2.35. The Kier molecular flexibility index (Phi) is 3.47. The number of nitrogens with one attached hydrogen (secondary N) is 1. The Hall–Kier alpha value is -1.05. The van der Waals surface area contributed by atoms with Gasteiger partial charge in [-0.3, -0.25) is 0 Å². The molecule has 1 aromatic rings. The zero-order valence-electron chi connectivity index (χ0n) is 10.4. The van der Waals surface area contributed by atoms with E-state index in [2.05, 4.69) is 30.2 Å². The van der Waals surface area contributed by atoms with E-state index in [1.165, 1.54) is 37.7 Å². The molecule has 2 nitrogen and oxygen atoms in total. The largest absolute Gasteiger partial charge is 0.370 e. The van der Waals surface area contributed by atoms with Gasteiger partial charge in [0.1, 0.15) is 5.82 Å². The summed E-state index contributed by atoms with van der Waals surface area (Å²) < 4.78 is 0. The third kappa shape index (κ3) is 2.97. The predicted molar refractivity (Wildman–Crippen MR) is 68.7 cm³/mol. The molecule has 1 fully saturated rings. The van der Waals surface area contributed by atoms with Gasteiger partial charge in [0.05, 0.1) is 0 Å². The third-order valence-electron chi connectivity index (χ3n) is 3.67. The molecule has 0 radical (unpaired) electrons. The maximum absolute atomic E-state index is 4.34. The van der Waals surface area contributed by atoms with Crippen LogP contribution in [0.1, 0.15) is 44.6 Å². The van der Waals surface area contributed by atoms with Crippen molar-refractivity contribution in [2.75, 3.05) is 11.9 Å². The van der Waals surface area contributed by atoms with Crippen molar-refractivity contribution in [1.82, 2.24) is 4.98 Å². The average Bonchev–Trinajstić information content (AvgIpc) is 2.28. The Balaban J connectivity index is 1.91. The van der Waals surface area contributed by atoms with Gasteiger partial charge in [-0.25, -0.2) is 4.98 Å². The lowest BCUT2D eigenvalue weighted by atomic mass is 9.76. The van der Waals surface area contributed by atoms with Crippen LogP contribution in [0.3, 0.4) is 0 Å². The maximum Gasteiger partial charge on any atom is 0.126 e. The molecule has 0 atom stereocenters. The second-order valence-corrected chi connectivity index (χ2v) is 5.44. The molecule has 88 valence electrons. The molecule has 1 heterocycles. The number of pyridine rings is 1. The van der Waals surface area contributed by atoms with Crippen molar-refractivity contribution in [3.63, 3.8) is 0 Å². The van der Waals surface area contributed by atoms with Crippen LogP contribution in [0.25, 0.3) is 0 Å². The summed E-state index contributed by atoms with van der Waals surface area (Å²) in [6, 6.07) is 4.15. The van der Waals surface area contributed by atoms with E-state index in [9.17, 15) is 0 Å². The van der Waals surface area contributed by atoms with Crippen molar-refractivity contribution in [2.24, 2.45) is 5.41 Å². The Morgan fingerprint density at radius 3 is 2.75 bits per heavy atom. The highest BCUT2D eigenvalue weighted by atomic mass is 15.0. The molecule has 0 spiro atoms. The number of hydrogen-bond acceptors (Lipinski definition) is 2. The number of anilines is 1. The smallest absolute Gasteiger partial charge is 0.126 e. The van der Waals surface area contributed by atoms with Crippen LogP contribution in [0.2, 0.25) is 0 Å². The van der Waals surface area contributed by atoms with Crippen LogP contribution in [-0.2, 0) is 0 Å². The predicted octanol–water partition coefficient (Wildman–Crippen LogP) is 3.77. The molecule has 1 aliphatic rings. The first-order valence-corrected chi connectivity index (χ1v) is 6.35. The van der Waals surface area contributed by atoms with E-state index in [1.807, 2.05) is 12.3 Å². The number of aryl methyl sites for hydroxylation is 1.